The van der Waals surface area contributed by atoms with Gasteiger partial charge in [-0.05, 0) is 86.7 Å². The van der Waals surface area contributed by atoms with Crippen LogP contribution >= 0.6 is 0 Å². The Balaban J connectivity index is 0.000000260. The van der Waals surface area contributed by atoms with Crippen molar-refractivity contribution in [2.75, 3.05) is 10.6 Å². The second kappa shape index (κ2) is 16.2. The Morgan fingerprint density at radius 1 is 0.610 bits per heavy atom. The van der Waals surface area contributed by atoms with E-state index in [1.54, 1.807) is 69.3 Å². The van der Waals surface area contributed by atoms with E-state index in [1.165, 1.54) is 12.4 Å². The number of aromatic hydroxyl groups is 2. The zero-order chi connectivity index (χ0) is 50.6. The van der Waals surface area contributed by atoms with Gasteiger partial charge in [0, 0.05) is 68.7 Å². The van der Waals surface area contributed by atoms with Gasteiger partial charge < -0.3 is 30.8 Å². The third-order valence-corrected chi connectivity index (χ3v) is 10.0. The predicted molar refractivity (Wildman–Crippen MR) is 241 cm³/mol. The molecule has 0 spiro atoms. The first-order chi connectivity index (χ1) is 30.5. The normalized spacial score (nSPS) is 14.9. The highest BCUT2D eigenvalue weighted by Crippen LogP contribution is 2.42. The fraction of sp³-hybridized carbons (Fsp3) is 0.347. The molecule has 6 N–H and O–H groups in total. The summed E-state index contributed by atoms with van der Waals surface area (Å²) in [7, 11) is 0. The molecule has 310 valence electrons. The molecule has 0 aliphatic carbocycles. The molecule has 59 heavy (non-hydrogen) atoms. The first-order valence-corrected chi connectivity index (χ1v) is 19.1. The number of benzene rings is 4. The smallest absolute Gasteiger partial charge is 0.261 e. The lowest BCUT2D eigenvalue weighted by Crippen LogP contribution is -2.25. The zero-order valence-corrected chi connectivity index (χ0v) is 35.1. The van der Waals surface area contributed by atoms with Gasteiger partial charge in [-0.25, -0.2) is 0 Å². The van der Waals surface area contributed by atoms with Crippen LogP contribution in [0.15, 0.2) is 94.8 Å². The zero-order valence-electron chi connectivity index (χ0n) is 43.1. The molecule has 0 radical (unpaired) electrons. The number of phenolic OH excluding ortho intramolecular Hbond substituents is 2. The SMILES string of the molecule is CC(C)(C)c1cc(C(C)(C)C)c(NC(=O)c2c[nH]c3ccccc3c2=O)cc1O.[2H]C([2H])([2H])C(c1cc(C(C)(C)C)c(NC(=O)c2c[nH]c3ccccc3c2=O)cc1O)(C([2H])([2H])[2H])C([2H])([2H])C. The number of aromatic amines is 2. The molecule has 0 saturated heterocycles. The molecule has 6 aromatic rings. The minimum absolute atomic E-state index is 0.0120. The Hall–Kier alpha value is -6.16. The van der Waals surface area contributed by atoms with Crippen molar-refractivity contribution < 1.29 is 30.8 Å². The molecule has 6 rings (SSSR count). The number of phenols is 2. The van der Waals surface area contributed by atoms with Crippen LogP contribution in [0.4, 0.5) is 11.4 Å². The van der Waals surface area contributed by atoms with Gasteiger partial charge in [-0.15, -0.1) is 0 Å². The van der Waals surface area contributed by atoms with Gasteiger partial charge in [0.1, 0.15) is 22.6 Å². The van der Waals surface area contributed by atoms with Crippen LogP contribution in [0.1, 0.15) is 143 Å². The van der Waals surface area contributed by atoms with E-state index in [0.29, 0.717) is 27.5 Å². The lowest BCUT2D eigenvalue weighted by Gasteiger charge is -2.30. The molecule has 10 nitrogen and oxygen atoms in total. The Morgan fingerprint density at radius 2 is 0.983 bits per heavy atom. The number of rotatable bonds is 6. The number of hydrogen-bond acceptors (Lipinski definition) is 6. The minimum atomic E-state index is -3.40. The molecule has 4 aromatic carbocycles. The molecule has 0 atom stereocenters. The summed E-state index contributed by atoms with van der Waals surface area (Å²) in [5, 5.41) is 27.7. The van der Waals surface area contributed by atoms with Crippen LogP contribution in [0.2, 0.25) is 0 Å². The standard InChI is InChI=1S/C25H30N2O3.C24H28N2O3/c1-7-25(5,6)18-12-17(24(2,3)4)20(13-21(18)28)27-23(30)16-14-26-19-11-9-8-10-15(19)22(16)29;1-23(2,3)16-11-17(24(4,5)6)20(27)12-19(16)26-22(29)15-13-25-18-10-8-7-9-14(18)21(15)28/h8-14,28H,7H2,1-6H3,(H,26,29)(H,27,30);7-13,27H,1-6H3,(H,25,28)(H,26,29)/i5D3,6D3,7D2;. The van der Waals surface area contributed by atoms with Gasteiger partial charge >= 0.3 is 0 Å². The lowest BCUT2D eigenvalue weighted by molar-refractivity contribution is 0.101. The Kier molecular flexibility index (Phi) is 9.30. The lowest BCUT2D eigenvalue weighted by atomic mass is 9.77. The van der Waals surface area contributed by atoms with Crippen molar-refractivity contribution >= 4 is 45.0 Å². The van der Waals surface area contributed by atoms with Crippen molar-refractivity contribution in [1.29, 1.82) is 0 Å². The number of pyridine rings is 2. The number of amides is 2. The summed E-state index contributed by atoms with van der Waals surface area (Å²) in [5.74, 6) is -2.02. The van der Waals surface area contributed by atoms with Gasteiger partial charge in [0.2, 0.25) is 10.9 Å². The first kappa shape index (κ1) is 33.8. The molecule has 0 unspecified atom stereocenters. The summed E-state index contributed by atoms with van der Waals surface area (Å²) in [5.41, 5.74) is -2.47. The van der Waals surface area contributed by atoms with Gasteiger partial charge in [0.15, 0.2) is 0 Å². The molecular weight excluding hydrogens is 741 g/mol. The second-order valence-electron chi connectivity index (χ2n) is 17.6. The third kappa shape index (κ3) is 9.43. The van der Waals surface area contributed by atoms with Crippen molar-refractivity contribution in [1.82, 2.24) is 9.97 Å². The number of nitrogens with one attached hydrogen (secondary N) is 4. The second-order valence-corrected chi connectivity index (χ2v) is 17.6. The molecule has 0 bridgehead atoms. The highest BCUT2D eigenvalue weighted by Gasteiger charge is 2.29. The van der Waals surface area contributed by atoms with Crippen molar-refractivity contribution in [3.63, 3.8) is 0 Å². The van der Waals surface area contributed by atoms with E-state index in [-0.39, 0.29) is 44.4 Å². The van der Waals surface area contributed by atoms with Gasteiger partial charge in [-0.2, -0.15) is 0 Å². The van der Waals surface area contributed by atoms with E-state index >= 15 is 0 Å². The molecule has 10 heteroatoms. The Bertz CT molecular complexity index is 2960. The van der Waals surface area contributed by atoms with Crippen LogP contribution < -0.4 is 21.5 Å². The largest absolute Gasteiger partial charge is 0.508 e. The number of anilines is 2. The quantitative estimate of drug-likeness (QED) is 0.0981. The van der Waals surface area contributed by atoms with E-state index in [2.05, 4.69) is 20.6 Å². The number of fused-ring (bicyclic) bond motifs is 2. The van der Waals surface area contributed by atoms with Crippen LogP contribution in [0, 0.1) is 0 Å². The number of carbonyl (C=O) groups is 2. The van der Waals surface area contributed by atoms with Gasteiger partial charge in [0.25, 0.3) is 11.8 Å². The topological polar surface area (TPSA) is 164 Å². The number of para-hydroxylation sites is 2. The van der Waals surface area contributed by atoms with Crippen LogP contribution in [-0.4, -0.2) is 32.0 Å². The van der Waals surface area contributed by atoms with Gasteiger partial charge in [0.05, 0.1) is 0 Å². The molecule has 2 amide bonds. The summed E-state index contributed by atoms with van der Waals surface area (Å²) in [4.78, 5) is 57.7. The number of carbonyl (C=O) groups excluding carboxylic acids is 2. The fourth-order valence-corrected chi connectivity index (χ4v) is 6.71. The predicted octanol–water partition coefficient (Wildman–Crippen LogP) is 10.6. The molecule has 0 saturated carbocycles. The van der Waals surface area contributed by atoms with E-state index in [0.717, 1.165) is 30.2 Å². The summed E-state index contributed by atoms with van der Waals surface area (Å²) in [6, 6.07) is 19.3. The average molecular weight is 807 g/mol. The van der Waals surface area contributed by atoms with E-state index in [4.69, 9.17) is 11.0 Å². The van der Waals surface area contributed by atoms with Crippen molar-refractivity contribution in [2.24, 2.45) is 0 Å². The van der Waals surface area contributed by atoms with Crippen molar-refractivity contribution in [3.05, 3.63) is 139 Å². The maximum atomic E-state index is 13.2. The maximum absolute atomic E-state index is 13.2. The van der Waals surface area contributed by atoms with Crippen LogP contribution in [0.5, 0.6) is 11.5 Å². The highest BCUT2D eigenvalue weighted by atomic mass is 16.3. The van der Waals surface area contributed by atoms with Gasteiger partial charge in [-0.3, -0.25) is 19.2 Å². The third-order valence-electron chi connectivity index (χ3n) is 10.0. The number of H-pyrrole nitrogens is 2. The average Bonchev–Trinajstić information content (AvgIpc) is 3.16. The van der Waals surface area contributed by atoms with Crippen LogP contribution in [-0.2, 0) is 21.7 Å². The number of aromatic nitrogens is 2. The molecular formula is C49H58N4O6. The molecule has 2 heterocycles. The molecule has 2 aromatic heterocycles. The molecule has 0 aliphatic rings. The Morgan fingerprint density at radius 3 is 1.36 bits per heavy atom. The van der Waals surface area contributed by atoms with Crippen molar-refractivity contribution in [2.45, 2.75) is 111 Å². The van der Waals surface area contributed by atoms with Crippen LogP contribution in [0.25, 0.3) is 21.8 Å². The summed E-state index contributed by atoms with van der Waals surface area (Å²) in [6.07, 6.45) is -0.148. The van der Waals surface area contributed by atoms with E-state index in [9.17, 15) is 29.4 Å². The minimum Gasteiger partial charge on any atom is -0.508 e. The highest BCUT2D eigenvalue weighted by molar-refractivity contribution is 6.07. The number of hydrogen-bond donors (Lipinski definition) is 6. The first-order valence-electron chi connectivity index (χ1n) is 23.1. The Labute approximate surface area is 357 Å². The molecule has 0 fully saturated rings. The van der Waals surface area contributed by atoms with E-state index < -0.39 is 59.5 Å². The summed E-state index contributed by atoms with van der Waals surface area (Å²) < 4.78 is 65.2. The maximum Gasteiger partial charge on any atom is 0.261 e. The van der Waals surface area contributed by atoms with Crippen LogP contribution in [0.3, 0.4) is 0 Å². The summed E-state index contributed by atoms with van der Waals surface area (Å²) >= 11 is 0. The van der Waals surface area contributed by atoms with Crippen molar-refractivity contribution in [3.8, 4) is 11.5 Å². The monoisotopic (exact) mass is 806 g/mol. The summed E-state index contributed by atoms with van der Waals surface area (Å²) in [6.45, 7) is 11.4. The van der Waals surface area contributed by atoms with Gasteiger partial charge in [-0.1, -0.05) is 107 Å². The molecule has 0 aliphatic heterocycles. The van der Waals surface area contributed by atoms with E-state index in [1.807, 2.05) is 53.7 Å². The fourth-order valence-electron chi connectivity index (χ4n) is 6.71.